The maximum absolute atomic E-state index is 12.4. The van der Waals surface area contributed by atoms with Crippen LogP contribution in [0.1, 0.15) is 29.2 Å². The maximum Gasteiger partial charge on any atom is 0.411 e. The first-order chi connectivity index (χ1) is 17.0. The number of rotatable bonds is 9. The van der Waals surface area contributed by atoms with Crippen molar-refractivity contribution < 1.29 is 29.3 Å². The lowest BCUT2D eigenvalue weighted by molar-refractivity contribution is -0.142. The summed E-state index contributed by atoms with van der Waals surface area (Å²) in [5.41, 5.74) is 5.33. The van der Waals surface area contributed by atoms with Gasteiger partial charge in [0.2, 0.25) is 5.91 Å². The van der Waals surface area contributed by atoms with Gasteiger partial charge >= 0.3 is 12.1 Å². The molecule has 0 unspecified atom stereocenters. The Morgan fingerprint density at radius 1 is 0.971 bits per heavy atom. The Morgan fingerprint density at radius 3 is 2.20 bits per heavy atom. The van der Waals surface area contributed by atoms with Gasteiger partial charge in [0.25, 0.3) is 0 Å². The van der Waals surface area contributed by atoms with E-state index < -0.39 is 24.0 Å². The summed E-state index contributed by atoms with van der Waals surface area (Å²) >= 11 is 0. The van der Waals surface area contributed by atoms with Crippen molar-refractivity contribution in [2.45, 2.75) is 24.8 Å². The molecule has 1 aliphatic carbocycles. The molecule has 1 aromatic heterocycles. The zero-order valence-corrected chi connectivity index (χ0v) is 18.8. The second kappa shape index (κ2) is 10.8. The molecule has 1 aliphatic rings. The summed E-state index contributed by atoms with van der Waals surface area (Å²) in [4.78, 5) is 39.7. The minimum Gasteiger partial charge on any atom is -0.480 e. The van der Waals surface area contributed by atoms with Gasteiger partial charge in [-0.05, 0) is 34.4 Å². The van der Waals surface area contributed by atoms with E-state index >= 15 is 0 Å². The third-order valence-electron chi connectivity index (χ3n) is 5.81. The van der Waals surface area contributed by atoms with Crippen molar-refractivity contribution in [3.63, 3.8) is 0 Å². The largest absolute Gasteiger partial charge is 0.480 e. The third kappa shape index (κ3) is 5.64. The fourth-order valence-electron chi connectivity index (χ4n) is 4.15. The van der Waals surface area contributed by atoms with Crippen LogP contribution in [0.3, 0.4) is 0 Å². The summed E-state index contributed by atoms with van der Waals surface area (Å²) in [6, 6.07) is 18.1. The molecular formula is C26H25N3O6. The number of aliphatic hydroxyl groups excluding tert-OH is 1. The number of hydrogen-bond acceptors (Lipinski definition) is 6. The molecule has 9 heteroatoms. The monoisotopic (exact) mass is 475 g/mol. The van der Waals surface area contributed by atoms with E-state index in [4.69, 9.17) is 14.9 Å². The molecule has 0 fully saturated rings. The van der Waals surface area contributed by atoms with Crippen molar-refractivity contribution >= 4 is 23.7 Å². The SMILES string of the molecule is O=C(Cc1ccc(NC(=O)OCC2c3ccccc3-c3ccccc32)cn1)N[C@@H](CCO)C(=O)O. The molecule has 4 rings (SSSR count). The number of nitrogens with zero attached hydrogens (tertiary/aromatic N) is 1. The smallest absolute Gasteiger partial charge is 0.411 e. The summed E-state index contributed by atoms with van der Waals surface area (Å²) in [5, 5.41) is 22.9. The first-order valence-corrected chi connectivity index (χ1v) is 11.2. The van der Waals surface area contributed by atoms with Gasteiger partial charge in [-0.15, -0.1) is 0 Å². The molecule has 9 nitrogen and oxygen atoms in total. The number of nitrogens with one attached hydrogen (secondary N) is 2. The van der Waals surface area contributed by atoms with E-state index in [2.05, 4.69) is 27.8 Å². The topological polar surface area (TPSA) is 138 Å². The van der Waals surface area contributed by atoms with Gasteiger partial charge in [0.05, 0.1) is 18.3 Å². The molecule has 0 bridgehead atoms. The van der Waals surface area contributed by atoms with Crippen molar-refractivity contribution in [2.24, 2.45) is 0 Å². The van der Waals surface area contributed by atoms with Crippen molar-refractivity contribution in [3.8, 4) is 11.1 Å². The Hall–Kier alpha value is -4.24. The number of amides is 2. The zero-order chi connectivity index (χ0) is 24.8. The van der Waals surface area contributed by atoms with Gasteiger partial charge in [-0.25, -0.2) is 9.59 Å². The van der Waals surface area contributed by atoms with E-state index in [9.17, 15) is 14.4 Å². The first-order valence-electron chi connectivity index (χ1n) is 11.2. The Kier molecular flexibility index (Phi) is 7.37. The molecule has 0 spiro atoms. The van der Waals surface area contributed by atoms with Gasteiger partial charge in [-0.2, -0.15) is 0 Å². The predicted molar refractivity (Wildman–Crippen MR) is 128 cm³/mol. The molecule has 0 saturated heterocycles. The summed E-state index contributed by atoms with van der Waals surface area (Å²) in [6.45, 7) is -0.171. The van der Waals surface area contributed by atoms with Crippen LogP contribution in [0.4, 0.5) is 10.5 Å². The fraction of sp³-hybridized carbons (Fsp3) is 0.231. The van der Waals surface area contributed by atoms with Crippen molar-refractivity contribution in [2.75, 3.05) is 18.5 Å². The van der Waals surface area contributed by atoms with Crippen LogP contribution in [0.15, 0.2) is 66.9 Å². The number of anilines is 1. The van der Waals surface area contributed by atoms with Gasteiger partial charge in [0.1, 0.15) is 12.6 Å². The molecule has 4 N–H and O–H groups in total. The van der Waals surface area contributed by atoms with E-state index in [-0.39, 0.29) is 32.0 Å². The lowest BCUT2D eigenvalue weighted by Gasteiger charge is -2.15. The van der Waals surface area contributed by atoms with Crippen LogP contribution in [0, 0.1) is 0 Å². The normalized spacial score (nSPS) is 12.8. The second-order valence-corrected chi connectivity index (χ2v) is 8.14. The van der Waals surface area contributed by atoms with Crippen LogP contribution in [0.25, 0.3) is 11.1 Å². The molecule has 0 saturated carbocycles. The highest BCUT2D eigenvalue weighted by molar-refractivity contribution is 5.86. The highest BCUT2D eigenvalue weighted by Crippen LogP contribution is 2.44. The van der Waals surface area contributed by atoms with Crippen LogP contribution < -0.4 is 10.6 Å². The summed E-state index contributed by atoms with van der Waals surface area (Å²) in [5.74, 6) is -1.80. The number of carboxylic acids is 1. The van der Waals surface area contributed by atoms with Crippen LogP contribution >= 0.6 is 0 Å². The highest BCUT2D eigenvalue weighted by Gasteiger charge is 2.29. The Labute approximate surface area is 201 Å². The molecular weight excluding hydrogens is 450 g/mol. The second-order valence-electron chi connectivity index (χ2n) is 8.14. The number of carboxylic acid groups (broad SMARTS) is 1. The number of aliphatic hydroxyl groups is 1. The minimum absolute atomic E-state index is 0.0485. The molecule has 1 atom stereocenters. The van der Waals surface area contributed by atoms with E-state index in [1.54, 1.807) is 12.1 Å². The molecule has 0 radical (unpaired) electrons. The molecule has 1 heterocycles. The molecule has 3 aromatic rings. The lowest BCUT2D eigenvalue weighted by Crippen LogP contribution is -2.42. The van der Waals surface area contributed by atoms with E-state index in [0.29, 0.717) is 11.4 Å². The lowest BCUT2D eigenvalue weighted by atomic mass is 9.98. The molecule has 35 heavy (non-hydrogen) atoms. The molecule has 0 aliphatic heterocycles. The number of ether oxygens (including phenoxy) is 1. The van der Waals surface area contributed by atoms with Crippen molar-refractivity contribution in [3.05, 3.63) is 83.7 Å². The number of carbonyl (C=O) groups is 3. The Balaban J connectivity index is 1.31. The first kappa shape index (κ1) is 23.9. The third-order valence-corrected chi connectivity index (χ3v) is 5.81. The zero-order valence-electron chi connectivity index (χ0n) is 18.8. The standard InChI is InChI=1S/C26H25N3O6/c30-12-11-23(25(32)33)29-24(31)13-16-9-10-17(14-27-16)28-26(34)35-15-22-20-7-3-1-5-18(20)19-6-2-4-8-21(19)22/h1-10,14,22-23,30H,11-13,15H2,(H,28,34)(H,29,31)(H,32,33)/t23-/m0/s1. The maximum atomic E-state index is 12.4. The highest BCUT2D eigenvalue weighted by atomic mass is 16.5. The molecule has 2 amide bonds. The number of pyridine rings is 1. The van der Waals surface area contributed by atoms with E-state index in [1.807, 2.05) is 36.4 Å². The molecule has 2 aromatic carbocycles. The van der Waals surface area contributed by atoms with Crippen LogP contribution in [0.2, 0.25) is 0 Å². The van der Waals surface area contributed by atoms with E-state index in [0.717, 1.165) is 22.3 Å². The Bertz CT molecular complexity index is 1180. The van der Waals surface area contributed by atoms with Gasteiger partial charge in [0.15, 0.2) is 0 Å². The number of fused-ring (bicyclic) bond motifs is 3. The summed E-state index contributed by atoms with van der Waals surface area (Å²) in [6.07, 6.45) is 0.553. The van der Waals surface area contributed by atoms with Crippen LogP contribution in [-0.2, 0) is 20.7 Å². The predicted octanol–water partition coefficient (Wildman–Crippen LogP) is 2.94. The Morgan fingerprint density at radius 2 is 1.63 bits per heavy atom. The van der Waals surface area contributed by atoms with Crippen molar-refractivity contribution in [1.82, 2.24) is 10.3 Å². The van der Waals surface area contributed by atoms with Gasteiger partial charge in [-0.1, -0.05) is 48.5 Å². The van der Waals surface area contributed by atoms with Gasteiger partial charge < -0.3 is 20.3 Å². The number of aliphatic carboxylic acids is 1. The number of benzene rings is 2. The average molecular weight is 476 g/mol. The number of hydrogen-bond donors (Lipinski definition) is 4. The van der Waals surface area contributed by atoms with Crippen LogP contribution in [0.5, 0.6) is 0 Å². The summed E-state index contributed by atoms with van der Waals surface area (Å²) < 4.78 is 5.51. The number of carbonyl (C=O) groups excluding carboxylic acids is 2. The van der Waals surface area contributed by atoms with E-state index in [1.165, 1.54) is 6.20 Å². The molecule has 180 valence electrons. The minimum atomic E-state index is -1.22. The number of aromatic nitrogens is 1. The fourth-order valence-corrected chi connectivity index (χ4v) is 4.15. The van der Waals surface area contributed by atoms with Crippen molar-refractivity contribution in [1.29, 1.82) is 0 Å². The quantitative estimate of drug-likeness (QED) is 0.373. The van der Waals surface area contributed by atoms with Gasteiger partial charge in [-0.3, -0.25) is 15.1 Å². The van der Waals surface area contributed by atoms with Gasteiger partial charge in [0, 0.05) is 24.6 Å². The summed E-state index contributed by atoms with van der Waals surface area (Å²) in [7, 11) is 0. The average Bonchev–Trinajstić information content (AvgIpc) is 3.17. The van der Waals surface area contributed by atoms with Crippen LogP contribution in [-0.4, -0.2) is 52.4 Å².